The van der Waals surface area contributed by atoms with E-state index in [2.05, 4.69) is 9.97 Å². The molecule has 0 aliphatic carbocycles. The van der Waals surface area contributed by atoms with Gasteiger partial charge in [0.05, 0.1) is 12.8 Å². The van der Waals surface area contributed by atoms with Crippen molar-refractivity contribution in [1.82, 2.24) is 9.97 Å². The van der Waals surface area contributed by atoms with E-state index in [-0.39, 0.29) is 11.7 Å². The summed E-state index contributed by atoms with van der Waals surface area (Å²) >= 11 is 0. The number of carbonyl (C=O) groups is 1. The van der Waals surface area contributed by atoms with Gasteiger partial charge in [0.2, 0.25) is 11.7 Å². The maximum atomic E-state index is 11.0. The number of hydrogen-bond acceptors (Lipinski definition) is 4. The molecule has 0 amide bonds. The molecule has 0 atom stereocenters. The Bertz CT molecular complexity index is 269. The van der Waals surface area contributed by atoms with E-state index in [9.17, 15) is 4.79 Å². The number of aromatic amines is 1. The van der Waals surface area contributed by atoms with E-state index in [4.69, 9.17) is 9.84 Å². The first kappa shape index (κ1) is 8.58. The maximum Gasteiger partial charge on any atom is 0.374 e. The number of nitrogens with one attached hydrogen (secondary N) is 1. The first-order valence-electron chi connectivity index (χ1n) is 3.65. The first-order valence-corrected chi connectivity index (χ1v) is 3.65. The van der Waals surface area contributed by atoms with Crippen molar-refractivity contribution in [3.63, 3.8) is 0 Å². The monoisotopic (exact) mass is 170 g/mol. The van der Waals surface area contributed by atoms with Crippen molar-refractivity contribution in [1.29, 1.82) is 0 Å². The summed E-state index contributed by atoms with van der Waals surface area (Å²) in [5.74, 6) is -0.656. The van der Waals surface area contributed by atoms with Gasteiger partial charge in [0.25, 0.3) is 0 Å². The van der Waals surface area contributed by atoms with Crippen LogP contribution >= 0.6 is 0 Å². The summed E-state index contributed by atoms with van der Waals surface area (Å²) in [5, 5.41) is 8.80. The molecular formula is C7H10N2O3. The van der Waals surface area contributed by atoms with Crippen LogP contribution in [0.5, 0.6) is 5.88 Å². The molecule has 5 nitrogen and oxygen atoms in total. The Hall–Kier alpha value is -1.52. The van der Waals surface area contributed by atoms with Gasteiger partial charge in [-0.2, -0.15) is 0 Å². The summed E-state index contributed by atoms with van der Waals surface area (Å²) in [6, 6.07) is 0. The molecule has 1 heterocycles. The third-order valence-corrected chi connectivity index (χ3v) is 1.19. The molecule has 0 radical (unpaired) electrons. The fourth-order valence-electron chi connectivity index (χ4n) is 0.678. The molecule has 0 spiro atoms. The Balaban J connectivity index is 2.53. The zero-order valence-electron chi connectivity index (χ0n) is 6.70. The molecule has 12 heavy (non-hydrogen) atoms. The number of H-pyrrole nitrogens is 1. The van der Waals surface area contributed by atoms with Crippen LogP contribution in [0.2, 0.25) is 0 Å². The van der Waals surface area contributed by atoms with Crippen molar-refractivity contribution in [3.8, 4) is 5.88 Å². The highest BCUT2D eigenvalue weighted by atomic mass is 16.5. The number of imidazole rings is 1. The fourth-order valence-corrected chi connectivity index (χ4v) is 0.678. The normalized spacial score (nSPS) is 9.75. The number of ether oxygens (including phenoxy) is 1. The second-order valence-electron chi connectivity index (χ2n) is 2.25. The molecule has 0 aliphatic rings. The summed E-state index contributed by atoms with van der Waals surface area (Å²) in [6.07, 6.45) is 1.92. The van der Waals surface area contributed by atoms with E-state index < -0.39 is 5.97 Å². The number of rotatable bonds is 3. The van der Waals surface area contributed by atoms with Gasteiger partial charge in [0, 0.05) is 0 Å². The minimum absolute atomic E-state index is 0.0287. The Kier molecular flexibility index (Phi) is 2.68. The van der Waals surface area contributed by atoms with Gasteiger partial charge in [-0.3, -0.25) is 0 Å². The van der Waals surface area contributed by atoms with E-state index in [1.165, 1.54) is 0 Å². The second-order valence-corrected chi connectivity index (χ2v) is 2.25. The highest BCUT2D eigenvalue weighted by Crippen LogP contribution is 2.03. The molecule has 2 N–H and O–H groups in total. The topological polar surface area (TPSA) is 75.2 Å². The summed E-state index contributed by atoms with van der Waals surface area (Å²) in [7, 11) is 0. The van der Waals surface area contributed by atoms with Crippen molar-refractivity contribution in [2.45, 2.75) is 13.3 Å². The SMILES string of the molecule is CCCOC(=O)c1ncc(O)[nH]1. The molecule has 0 saturated carbocycles. The van der Waals surface area contributed by atoms with Crippen LogP contribution in [0.15, 0.2) is 6.20 Å². The average Bonchev–Trinajstić information content (AvgIpc) is 2.47. The highest BCUT2D eigenvalue weighted by molar-refractivity contribution is 5.85. The summed E-state index contributed by atoms with van der Waals surface area (Å²) < 4.78 is 4.75. The van der Waals surface area contributed by atoms with E-state index in [1.807, 2.05) is 6.92 Å². The van der Waals surface area contributed by atoms with Crippen LogP contribution in [0.3, 0.4) is 0 Å². The molecule has 1 aromatic heterocycles. The van der Waals surface area contributed by atoms with E-state index >= 15 is 0 Å². The number of nitrogens with zero attached hydrogens (tertiary/aromatic N) is 1. The number of aromatic nitrogens is 2. The van der Waals surface area contributed by atoms with E-state index in [0.717, 1.165) is 12.6 Å². The predicted molar refractivity (Wildman–Crippen MR) is 40.8 cm³/mol. The molecule has 66 valence electrons. The lowest BCUT2D eigenvalue weighted by atomic mass is 10.5. The van der Waals surface area contributed by atoms with Gasteiger partial charge in [0.15, 0.2) is 0 Å². The lowest BCUT2D eigenvalue weighted by Gasteiger charge is -1.98. The molecular weight excluding hydrogens is 160 g/mol. The Morgan fingerprint density at radius 1 is 1.83 bits per heavy atom. The van der Waals surface area contributed by atoms with Crippen LogP contribution in [-0.2, 0) is 4.74 Å². The zero-order chi connectivity index (χ0) is 8.97. The first-order chi connectivity index (χ1) is 5.74. The summed E-state index contributed by atoms with van der Waals surface area (Å²) in [4.78, 5) is 16.9. The molecule has 5 heteroatoms. The third-order valence-electron chi connectivity index (χ3n) is 1.19. The molecule has 0 aromatic carbocycles. The molecule has 1 rings (SSSR count). The smallest absolute Gasteiger partial charge is 0.374 e. The maximum absolute atomic E-state index is 11.0. The standard InChI is InChI=1S/C7H10N2O3/c1-2-3-12-7(11)6-8-4-5(10)9-6/h4,10H,2-3H2,1H3,(H,8,9). The van der Waals surface area contributed by atoms with Crippen molar-refractivity contribution < 1.29 is 14.6 Å². The minimum atomic E-state index is -0.544. The molecule has 0 saturated heterocycles. The number of aromatic hydroxyl groups is 1. The molecule has 0 bridgehead atoms. The second kappa shape index (κ2) is 3.75. The average molecular weight is 170 g/mol. The van der Waals surface area contributed by atoms with Gasteiger partial charge in [-0.25, -0.2) is 9.78 Å². The van der Waals surface area contributed by atoms with Crippen molar-refractivity contribution in [2.75, 3.05) is 6.61 Å². The van der Waals surface area contributed by atoms with Crippen LogP contribution in [0.25, 0.3) is 0 Å². The Morgan fingerprint density at radius 3 is 3.08 bits per heavy atom. The minimum Gasteiger partial charge on any atom is -0.493 e. The van der Waals surface area contributed by atoms with E-state index in [1.54, 1.807) is 0 Å². The van der Waals surface area contributed by atoms with Crippen LogP contribution in [-0.4, -0.2) is 27.7 Å². The molecule has 1 aromatic rings. The lowest BCUT2D eigenvalue weighted by molar-refractivity contribution is 0.0491. The predicted octanol–water partition coefficient (Wildman–Crippen LogP) is 0.682. The van der Waals surface area contributed by atoms with Gasteiger partial charge in [-0.15, -0.1) is 0 Å². The van der Waals surface area contributed by atoms with Crippen molar-refractivity contribution in [2.24, 2.45) is 0 Å². The van der Waals surface area contributed by atoms with Gasteiger partial charge in [-0.05, 0) is 6.42 Å². The largest absolute Gasteiger partial charge is 0.493 e. The number of carbonyl (C=O) groups excluding carboxylic acids is 1. The summed E-state index contributed by atoms with van der Waals surface area (Å²) in [6.45, 7) is 2.26. The number of esters is 1. The molecule has 0 unspecified atom stereocenters. The zero-order valence-corrected chi connectivity index (χ0v) is 6.70. The summed E-state index contributed by atoms with van der Waals surface area (Å²) in [5.41, 5.74) is 0. The Morgan fingerprint density at radius 2 is 2.58 bits per heavy atom. The lowest BCUT2D eigenvalue weighted by Crippen LogP contribution is -2.07. The number of hydrogen-bond donors (Lipinski definition) is 2. The molecule has 0 fully saturated rings. The highest BCUT2D eigenvalue weighted by Gasteiger charge is 2.10. The third kappa shape index (κ3) is 1.98. The van der Waals surface area contributed by atoms with Gasteiger partial charge < -0.3 is 14.8 Å². The Labute approximate surface area is 69.4 Å². The van der Waals surface area contributed by atoms with Crippen LogP contribution in [0.4, 0.5) is 0 Å². The van der Waals surface area contributed by atoms with Crippen LogP contribution in [0.1, 0.15) is 24.0 Å². The quantitative estimate of drug-likeness (QED) is 0.654. The fraction of sp³-hybridized carbons (Fsp3) is 0.429. The van der Waals surface area contributed by atoms with Gasteiger partial charge in [0.1, 0.15) is 0 Å². The van der Waals surface area contributed by atoms with Gasteiger partial charge in [-0.1, -0.05) is 6.92 Å². The van der Waals surface area contributed by atoms with Crippen LogP contribution < -0.4 is 0 Å². The van der Waals surface area contributed by atoms with Crippen molar-refractivity contribution in [3.05, 3.63) is 12.0 Å². The van der Waals surface area contributed by atoms with E-state index in [0.29, 0.717) is 6.61 Å². The van der Waals surface area contributed by atoms with Gasteiger partial charge >= 0.3 is 5.97 Å². The van der Waals surface area contributed by atoms with Crippen LogP contribution in [0, 0.1) is 0 Å². The van der Waals surface area contributed by atoms with Crippen molar-refractivity contribution >= 4 is 5.97 Å². The molecule has 0 aliphatic heterocycles.